The zero-order valence-corrected chi connectivity index (χ0v) is 15.7. The number of aliphatic carboxylic acids is 1. The molecular formula is C18H19Cl2N3O3. The Labute approximate surface area is 161 Å². The summed E-state index contributed by atoms with van der Waals surface area (Å²) in [4.78, 5) is 23.5. The van der Waals surface area contributed by atoms with Gasteiger partial charge in [0.15, 0.2) is 5.69 Å². The van der Waals surface area contributed by atoms with Gasteiger partial charge in [-0.2, -0.15) is 5.10 Å². The summed E-state index contributed by atoms with van der Waals surface area (Å²) in [5, 5.41) is 17.2. The van der Waals surface area contributed by atoms with E-state index in [-0.39, 0.29) is 17.9 Å². The van der Waals surface area contributed by atoms with E-state index in [1.54, 1.807) is 28.9 Å². The summed E-state index contributed by atoms with van der Waals surface area (Å²) < 4.78 is 1.64. The van der Waals surface area contributed by atoms with Gasteiger partial charge in [0, 0.05) is 11.7 Å². The van der Waals surface area contributed by atoms with Gasteiger partial charge in [0.25, 0.3) is 5.91 Å². The standard InChI is InChI=1S/C18H19Cl2N3O3/c1-10-8-16(22-23(10)13-6-7-14(19)15(20)9-13)17(24)21-12-4-2-11(3-5-12)18(25)26/h6-9,11-12H,2-5H2,1H3,(H,21,24)(H,25,26). The molecule has 1 aromatic carbocycles. The maximum atomic E-state index is 12.5. The van der Waals surface area contributed by atoms with Gasteiger partial charge < -0.3 is 10.4 Å². The monoisotopic (exact) mass is 395 g/mol. The van der Waals surface area contributed by atoms with Gasteiger partial charge in [-0.3, -0.25) is 9.59 Å². The first-order valence-electron chi connectivity index (χ1n) is 8.41. The molecule has 8 heteroatoms. The number of carboxylic acid groups (broad SMARTS) is 1. The number of rotatable bonds is 4. The van der Waals surface area contributed by atoms with E-state index >= 15 is 0 Å². The van der Waals surface area contributed by atoms with Crippen molar-refractivity contribution in [3.05, 3.63) is 45.7 Å². The molecule has 0 radical (unpaired) electrons. The minimum absolute atomic E-state index is 0.0199. The van der Waals surface area contributed by atoms with Crippen molar-refractivity contribution in [1.82, 2.24) is 15.1 Å². The molecular weight excluding hydrogens is 377 g/mol. The first-order chi connectivity index (χ1) is 12.3. The number of carbonyl (C=O) groups is 2. The van der Waals surface area contributed by atoms with E-state index in [4.69, 9.17) is 28.3 Å². The van der Waals surface area contributed by atoms with E-state index in [0.29, 0.717) is 41.4 Å². The van der Waals surface area contributed by atoms with Crippen molar-refractivity contribution in [2.24, 2.45) is 5.92 Å². The third-order valence-electron chi connectivity index (χ3n) is 4.68. The molecule has 1 heterocycles. The number of hydrogen-bond donors (Lipinski definition) is 2. The van der Waals surface area contributed by atoms with Crippen LogP contribution in [0.3, 0.4) is 0 Å². The smallest absolute Gasteiger partial charge is 0.306 e. The average molecular weight is 396 g/mol. The van der Waals surface area contributed by atoms with Gasteiger partial charge in [-0.05, 0) is 56.9 Å². The minimum Gasteiger partial charge on any atom is -0.481 e. The summed E-state index contributed by atoms with van der Waals surface area (Å²) in [7, 11) is 0. The maximum absolute atomic E-state index is 12.5. The normalized spacial score (nSPS) is 20.0. The lowest BCUT2D eigenvalue weighted by molar-refractivity contribution is -0.142. The summed E-state index contributed by atoms with van der Waals surface area (Å²) in [5.41, 5.74) is 1.83. The van der Waals surface area contributed by atoms with E-state index in [2.05, 4.69) is 10.4 Å². The van der Waals surface area contributed by atoms with E-state index in [0.717, 1.165) is 11.4 Å². The lowest BCUT2D eigenvalue weighted by Crippen LogP contribution is -2.38. The van der Waals surface area contributed by atoms with Gasteiger partial charge in [0.1, 0.15) is 0 Å². The van der Waals surface area contributed by atoms with Gasteiger partial charge in [-0.1, -0.05) is 23.2 Å². The number of aromatic nitrogens is 2. The molecule has 3 rings (SSSR count). The Bertz CT molecular complexity index is 842. The Morgan fingerprint density at radius 2 is 1.85 bits per heavy atom. The SMILES string of the molecule is Cc1cc(C(=O)NC2CCC(C(=O)O)CC2)nn1-c1ccc(Cl)c(Cl)c1. The zero-order chi connectivity index (χ0) is 18.8. The highest BCUT2D eigenvalue weighted by atomic mass is 35.5. The highest BCUT2D eigenvalue weighted by molar-refractivity contribution is 6.42. The topological polar surface area (TPSA) is 84.2 Å². The molecule has 6 nitrogen and oxygen atoms in total. The lowest BCUT2D eigenvalue weighted by Gasteiger charge is -2.26. The fraction of sp³-hybridized carbons (Fsp3) is 0.389. The zero-order valence-electron chi connectivity index (χ0n) is 14.2. The molecule has 0 atom stereocenters. The number of nitrogens with one attached hydrogen (secondary N) is 1. The van der Waals surface area contributed by atoms with Crippen LogP contribution in [0.5, 0.6) is 0 Å². The predicted octanol–water partition coefficient (Wildman–Crippen LogP) is 3.86. The second-order valence-corrected chi connectivity index (χ2v) is 7.36. The molecule has 1 saturated carbocycles. The van der Waals surface area contributed by atoms with E-state index in [1.165, 1.54) is 0 Å². The molecule has 0 saturated heterocycles. The minimum atomic E-state index is -0.759. The van der Waals surface area contributed by atoms with Crippen LogP contribution >= 0.6 is 23.2 Å². The van der Waals surface area contributed by atoms with E-state index in [1.807, 2.05) is 6.92 Å². The lowest BCUT2D eigenvalue weighted by atomic mass is 9.86. The van der Waals surface area contributed by atoms with Gasteiger partial charge in [0.05, 0.1) is 21.7 Å². The fourth-order valence-electron chi connectivity index (χ4n) is 3.21. The molecule has 1 fully saturated rings. The van der Waals surface area contributed by atoms with Crippen molar-refractivity contribution in [3.8, 4) is 5.69 Å². The summed E-state index contributed by atoms with van der Waals surface area (Å²) in [6.45, 7) is 1.85. The van der Waals surface area contributed by atoms with Gasteiger partial charge in [-0.25, -0.2) is 4.68 Å². The van der Waals surface area contributed by atoms with Gasteiger partial charge >= 0.3 is 5.97 Å². The summed E-state index contributed by atoms with van der Waals surface area (Å²) in [6.07, 6.45) is 2.48. The van der Waals surface area contributed by atoms with Crippen LogP contribution in [0.15, 0.2) is 24.3 Å². The van der Waals surface area contributed by atoms with Crippen LogP contribution in [-0.4, -0.2) is 32.8 Å². The van der Waals surface area contributed by atoms with Crippen LogP contribution < -0.4 is 5.32 Å². The summed E-state index contributed by atoms with van der Waals surface area (Å²) in [5.74, 6) is -1.32. The van der Waals surface area contributed by atoms with Crippen molar-refractivity contribution < 1.29 is 14.7 Å². The van der Waals surface area contributed by atoms with Crippen LogP contribution in [0.4, 0.5) is 0 Å². The van der Waals surface area contributed by atoms with Crippen LogP contribution in [0.1, 0.15) is 41.9 Å². The molecule has 0 spiro atoms. The molecule has 1 aromatic heterocycles. The Hall–Kier alpha value is -2.05. The van der Waals surface area contributed by atoms with Crippen molar-refractivity contribution in [3.63, 3.8) is 0 Å². The number of nitrogens with zero attached hydrogens (tertiary/aromatic N) is 2. The molecule has 138 valence electrons. The number of carboxylic acids is 1. The molecule has 1 aliphatic rings. The van der Waals surface area contributed by atoms with E-state index in [9.17, 15) is 9.59 Å². The molecule has 2 N–H and O–H groups in total. The third kappa shape index (κ3) is 4.02. The predicted molar refractivity (Wildman–Crippen MR) is 99.2 cm³/mol. The van der Waals surface area contributed by atoms with Crippen molar-refractivity contribution >= 4 is 35.1 Å². The largest absolute Gasteiger partial charge is 0.481 e. The molecule has 2 aromatic rings. The number of halogens is 2. The van der Waals surface area contributed by atoms with Gasteiger partial charge in [-0.15, -0.1) is 0 Å². The molecule has 0 bridgehead atoms. The van der Waals surface area contributed by atoms with Gasteiger partial charge in [0.2, 0.25) is 0 Å². The van der Waals surface area contributed by atoms with Crippen molar-refractivity contribution in [2.75, 3.05) is 0 Å². The molecule has 0 aliphatic heterocycles. The Kier molecular flexibility index (Phi) is 5.53. The third-order valence-corrected chi connectivity index (χ3v) is 5.42. The van der Waals surface area contributed by atoms with E-state index < -0.39 is 5.97 Å². The highest BCUT2D eigenvalue weighted by Gasteiger charge is 2.27. The number of carbonyl (C=O) groups excluding carboxylic acids is 1. The second-order valence-electron chi connectivity index (χ2n) is 6.54. The number of aryl methyl sites for hydroxylation is 1. The fourth-order valence-corrected chi connectivity index (χ4v) is 3.50. The molecule has 1 amide bonds. The van der Waals surface area contributed by atoms with Crippen LogP contribution in [0.25, 0.3) is 5.69 Å². The first kappa shape index (κ1) is 18.7. The van der Waals surface area contributed by atoms with Crippen LogP contribution in [0, 0.1) is 12.8 Å². The summed E-state index contributed by atoms with van der Waals surface area (Å²) in [6, 6.07) is 6.84. The first-order valence-corrected chi connectivity index (χ1v) is 9.16. The summed E-state index contributed by atoms with van der Waals surface area (Å²) >= 11 is 12.0. The van der Waals surface area contributed by atoms with Crippen molar-refractivity contribution in [1.29, 1.82) is 0 Å². The molecule has 1 aliphatic carbocycles. The number of amides is 1. The molecule has 26 heavy (non-hydrogen) atoms. The maximum Gasteiger partial charge on any atom is 0.306 e. The Morgan fingerprint density at radius 1 is 1.15 bits per heavy atom. The average Bonchev–Trinajstić information content (AvgIpc) is 3.00. The van der Waals surface area contributed by atoms with Crippen LogP contribution in [-0.2, 0) is 4.79 Å². The quantitative estimate of drug-likeness (QED) is 0.822. The Morgan fingerprint density at radius 3 is 2.46 bits per heavy atom. The Balaban J connectivity index is 1.69. The highest BCUT2D eigenvalue weighted by Crippen LogP contribution is 2.26. The van der Waals surface area contributed by atoms with Crippen LogP contribution in [0.2, 0.25) is 10.0 Å². The second kappa shape index (κ2) is 7.68. The molecule has 0 unspecified atom stereocenters. The number of benzene rings is 1. The van der Waals surface area contributed by atoms with Crippen molar-refractivity contribution in [2.45, 2.75) is 38.6 Å². The number of hydrogen-bond acceptors (Lipinski definition) is 3.